The second-order valence-corrected chi connectivity index (χ2v) is 5.65. The Morgan fingerprint density at radius 1 is 1.40 bits per heavy atom. The van der Waals surface area contributed by atoms with E-state index < -0.39 is 0 Å². The van der Waals surface area contributed by atoms with E-state index in [1.165, 1.54) is 17.8 Å². The Morgan fingerprint density at radius 2 is 2.15 bits per heavy atom. The predicted molar refractivity (Wildman–Crippen MR) is 75.3 cm³/mol. The average Bonchev–Trinajstić information content (AvgIpc) is 2.83. The maximum absolute atomic E-state index is 10.9. The molecule has 20 heavy (non-hydrogen) atoms. The molecule has 0 unspecified atom stereocenters. The molecule has 0 saturated heterocycles. The van der Waals surface area contributed by atoms with Gasteiger partial charge < -0.3 is 0 Å². The molecule has 7 nitrogen and oxygen atoms in total. The van der Waals surface area contributed by atoms with E-state index in [2.05, 4.69) is 29.4 Å². The maximum atomic E-state index is 10.9. The summed E-state index contributed by atoms with van der Waals surface area (Å²) < 4.78 is 1.73. The number of rotatable bonds is 6. The van der Waals surface area contributed by atoms with Crippen LogP contribution < -0.4 is 0 Å². The number of nitro groups is 1. The number of benzene rings is 1. The van der Waals surface area contributed by atoms with Gasteiger partial charge in [-0.05, 0) is 16.3 Å². The van der Waals surface area contributed by atoms with Gasteiger partial charge in [0.2, 0.25) is 5.16 Å². The molecular formula is C12H15N5O2S. The molecule has 0 saturated carbocycles. The van der Waals surface area contributed by atoms with Crippen LogP contribution in [0.4, 0.5) is 5.69 Å². The molecule has 1 aromatic carbocycles. The van der Waals surface area contributed by atoms with Crippen LogP contribution in [0, 0.1) is 16.0 Å². The molecule has 0 spiro atoms. The van der Waals surface area contributed by atoms with Crippen molar-refractivity contribution in [2.24, 2.45) is 5.92 Å². The first-order valence-corrected chi connectivity index (χ1v) is 7.17. The first-order chi connectivity index (χ1) is 9.58. The van der Waals surface area contributed by atoms with Crippen LogP contribution in [0.15, 0.2) is 29.4 Å². The molecule has 106 valence electrons. The van der Waals surface area contributed by atoms with E-state index in [1.807, 2.05) is 0 Å². The van der Waals surface area contributed by atoms with Crippen molar-refractivity contribution in [1.29, 1.82) is 0 Å². The highest BCUT2D eigenvalue weighted by Crippen LogP contribution is 2.26. The van der Waals surface area contributed by atoms with Gasteiger partial charge in [-0.25, -0.2) is 4.68 Å². The maximum Gasteiger partial charge on any atom is 0.273 e. The number of tetrazole rings is 1. The second kappa shape index (κ2) is 6.47. The first kappa shape index (κ1) is 14.4. The summed E-state index contributed by atoms with van der Waals surface area (Å²) in [6, 6.07) is 6.71. The minimum atomic E-state index is -0.368. The lowest BCUT2D eigenvalue weighted by Gasteiger charge is -2.06. The second-order valence-electron chi connectivity index (χ2n) is 4.71. The molecule has 2 rings (SSSR count). The zero-order valence-corrected chi connectivity index (χ0v) is 12.1. The number of aromatic nitrogens is 4. The molecule has 1 heterocycles. The summed E-state index contributed by atoms with van der Waals surface area (Å²) in [6.45, 7) is 4.89. The Labute approximate surface area is 120 Å². The summed E-state index contributed by atoms with van der Waals surface area (Å²) in [5, 5.41) is 23.2. The quantitative estimate of drug-likeness (QED) is 0.462. The van der Waals surface area contributed by atoms with Gasteiger partial charge >= 0.3 is 0 Å². The Balaban J connectivity index is 2.10. The van der Waals surface area contributed by atoms with Gasteiger partial charge in [-0.15, -0.1) is 5.10 Å². The van der Waals surface area contributed by atoms with E-state index in [-0.39, 0.29) is 10.6 Å². The standard InChI is InChI=1S/C12H15N5O2S/c1-9(2)7-16-12(13-14-15-16)20-8-10-5-3-4-6-11(10)17(18)19/h3-6,9H,7-8H2,1-2H3. The third-order valence-electron chi connectivity index (χ3n) is 2.58. The molecule has 0 bridgehead atoms. The lowest BCUT2D eigenvalue weighted by atomic mass is 10.2. The van der Waals surface area contributed by atoms with Crippen LogP contribution in [0.5, 0.6) is 0 Å². The molecule has 0 N–H and O–H groups in total. The molecule has 0 aliphatic carbocycles. The van der Waals surface area contributed by atoms with E-state index in [0.717, 1.165) is 6.54 Å². The first-order valence-electron chi connectivity index (χ1n) is 6.19. The molecule has 0 aliphatic rings. The van der Waals surface area contributed by atoms with Crippen LogP contribution in [0.25, 0.3) is 0 Å². The molecule has 8 heteroatoms. The molecular weight excluding hydrogens is 278 g/mol. The zero-order valence-electron chi connectivity index (χ0n) is 11.3. The summed E-state index contributed by atoms with van der Waals surface area (Å²) in [4.78, 5) is 10.6. The van der Waals surface area contributed by atoms with Crippen molar-refractivity contribution in [1.82, 2.24) is 20.2 Å². The van der Waals surface area contributed by atoms with Crippen LogP contribution >= 0.6 is 11.8 Å². The van der Waals surface area contributed by atoms with Gasteiger partial charge in [0.25, 0.3) is 5.69 Å². The van der Waals surface area contributed by atoms with Crippen molar-refractivity contribution < 1.29 is 4.92 Å². The smallest absolute Gasteiger partial charge is 0.258 e. The summed E-state index contributed by atoms with van der Waals surface area (Å²) in [5.74, 6) is 0.902. The van der Waals surface area contributed by atoms with Crippen molar-refractivity contribution in [3.05, 3.63) is 39.9 Å². The van der Waals surface area contributed by atoms with Crippen LogP contribution in [0.1, 0.15) is 19.4 Å². The summed E-state index contributed by atoms with van der Waals surface area (Å²) in [5.41, 5.74) is 0.796. The summed E-state index contributed by atoms with van der Waals surface area (Å²) in [6.07, 6.45) is 0. The van der Waals surface area contributed by atoms with Crippen molar-refractivity contribution in [3.8, 4) is 0 Å². The highest BCUT2D eigenvalue weighted by molar-refractivity contribution is 7.98. The van der Waals surface area contributed by atoms with E-state index in [9.17, 15) is 10.1 Å². The fourth-order valence-electron chi connectivity index (χ4n) is 1.71. The van der Waals surface area contributed by atoms with E-state index >= 15 is 0 Å². The molecule has 0 amide bonds. The SMILES string of the molecule is CC(C)Cn1nnnc1SCc1ccccc1[N+](=O)[O-]. The topological polar surface area (TPSA) is 86.7 Å². The highest BCUT2D eigenvalue weighted by Gasteiger charge is 2.14. The minimum absolute atomic E-state index is 0.128. The van der Waals surface area contributed by atoms with Crippen molar-refractivity contribution in [2.45, 2.75) is 31.3 Å². The average molecular weight is 293 g/mol. The van der Waals surface area contributed by atoms with Crippen LogP contribution in [0.2, 0.25) is 0 Å². The largest absolute Gasteiger partial charge is 0.273 e. The number of nitro benzene ring substituents is 1. The van der Waals surface area contributed by atoms with Gasteiger partial charge in [0.05, 0.1) is 4.92 Å². The van der Waals surface area contributed by atoms with Gasteiger partial charge in [0, 0.05) is 23.9 Å². The molecule has 0 fully saturated rings. The predicted octanol–water partition coefficient (Wildman–Crippen LogP) is 2.53. The number of thioether (sulfide) groups is 1. The Kier molecular flexibility index (Phi) is 4.67. The lowest BCUT2D eigenvalue weighted by Crippen LogP contribution is -2.07. The number of para-hydroxylation sites is 1. The summed E-state index contributed by atoms with van der Waals surface area (Å²) in [7, 11) is 0. The Bertz CT molecular complexity index is 599. The monoisotopic (exact) mass is 293 g/mol. The fourth-order valence-corrected chi connectivity index (χ4v) is 2.60. The van der Waals surface area contributed by atoms with Crippen molar-refractivity contribution in [2.75, 3.05) is 0 Å². The van der Waals surface area contributed by atoms with E-state index in [0.29, 0.717) is 22.4 Å². The van der Waals surface area contributed by atoms with Crippen LogP contribution in [-0.2, 0) is 12.3 Å². The number of nitrogens with zero attached hydrogens (tertiary/aromatic N) is 5. The van der Waals surface area contributed by atoms with Gasteiger partial charge in [-0.2, -0.15) is 0 Å². The number of hydrogen-bond donors (Lipinski definition) is 0. The molecule has 0 radical (unpaired) electrons. The van der Waals surface area contributed by atoms with Crippen LogP contribution in [0.3, 0.4) is 0 Å². The summed E-state index contributed by atoms with van der Waals surface area (Å²) >= 11 is 1.40. The molecule has 1 aromatic heterocycles. The van der Waals surface area contributed by atoms with Gasteiger partial charge in [-0.1, -0.05) is 43.8 Å². The highest BCUT2D eigenvalue weighted by atomic mass is 32.2. The molecule has 0 aliphatic heterocycles. The van der Waals surface area contributed by atoms with Gasteiger partial charge in [0.15, 0.2) is 0 Å². The minimum Gasteiger partial charge on any atom is -0.258 e. The fraction of sp³-hybridized carbons (Fsp3) is 0.417. The van der Waals surface area contributed by atoms with E-state index in [1.54, 1.807) is 22.9 Å². The zero-order chi connectivity index (χ0) is 14.5. The lowest BCUT2D eigenvalue weighted by molar-refractivity contribution is -0.385. The molecule has 0 atom stereocenters. The van der Waals surface area contributed by atoms with Gasteiger partial charge in [-0.3, -0.25) is 10.1 Å². The van der Waals surface area contributed by atoms with Gasteiger partial charge in [0.1, 0.15) is 0 Å². The Hall–Kier alpha value is -1.96. The Morgan fingerprint density at radius 3 is 2.85 bits per heavy atom. The number of hydrogen-bond acceptors (Lipinski definition) is 6. The van der Waals surface area contributed by atoms with Crippen molar-refractivity contribution in [3.63, 3.8) is 0 Å². The third kappa shape index (κ3) is 3.53. The normalized spacial score (nSPS) is 10.9. The van der Waals surface area contributed by atoms with E-state index in [4.69, 9.17) is 0 Å². The third-order valence-corrected chi connectivity index (χ3v) is 3.59. The van der Waals surface area contributed by atoms with Crippen molar-refractivity contribution >= 4 is 17.4 Å². The van der Waals surface area contributed by atoms with Crippen LogP contribution in [-0.4, -0.2) is 25.1 Å². The molecule has 2 aromatic rings.